The maximum atomic E-state index is 13.7. The molecule has 0 heterocycles. The monoisotopic (exact) mass is 289 g/mol. The molecule has 0 saturated carbocycles. The van der Waals surface area contributed by atoms with Gasteiger partial charge in [0.05, 0.1) is 7.11 Å². The van der Waals surface area contributed by atoms with E-state index < -0.39 is 0 Å². The summed E-state index contributed by atoms with van der Waals surface area (Å²) in [6, 6.07) is 12.0. The van der Waals surface area contributed by atoms with Crippen molar-refractivity contribution >= 4 is 0 Å². The number of phenols is 1. The lowest BCUT2D eigenvalue weighted by Crippen LogP contribution is -2.22. The van der Waals surface area contributed by atoms with Crippen molar-refractivity contribution in [2.75, 3.05) is 13.7 Å². The molecule has 0 fully saturated rings. The van der Waals surface area contributed by atoms with Crippen LogP contribution in [0.5, 0.6) is 11.5 Å². The van der Waals surface area contributed by atoms with E-state index >= 15 is 0 Å². The molecule has 2 rings (SSSR count). The Morgan fingerprint density at radius 1 is 1.19 bits per heavy atom. The van der Waals surface area contributed by atoms with Crippen molar-refractivity contribution in [3.63, 3.8) is 0 Å². The maximum absolute atomic E-state index is 13.7. The first-order chi connectivity index (χ1) is 10.1. The molecule has 3 nitrogen and oxygen atoms in total. The number of phenolic OH excluding ortho intramolecular Hbond substituents is 1. The Kier molecular flexibility index (Phi) is 5.17. The first-order valence-corrected chi connectivity index (χ1v) is 6.95. The summed E-state index contributed by atoms with van der Waals surface area (Å²) >= 11 is 0. The number of ether oxygens (including phenoxy) is 1. The van der Waals surface area contributed by atoms with Crippen molar-refractivity contribution in [3.05, 3.63) is 59.4 Å². The van der Waals surface area contributed by atoms with Crippen molar-refractivity contribution < 1.29 is 14.2 Å². The Labute approximate surface area is 124 Å². The van der Waals surface area contributed by atoms with Crippen LogP contribution in [0.2, 0.25) is 0 Å². The summed E-state index contributed by atoms with van der Waals surface area (Å²) in [5.41, 5.74) is 1.75. The summed E-state index contributed by atoms with van der Waals surface area (Å²) in [6.07, 6.45) is 0.855. The van der Waals surface area contributed by atoms with Crippen LogP contribution in [0, 0.1) is 5.82 Å². The molecular weight excluding hydrogens is 269 g/mol. The topological polar surface area (TPSA) is 41.5 Å². The Morgan fingerprint density at radius 2 is 1.90 bits per heavy atom. The zero-order valence-electron chi connectivity index (χ0n) is 12.3. The van der Waals surface area contributed by atoms with E-state index in [-0.39, 0.29) is 17.6 Å². The first kappa shape index (κ1) is 15.3. The van der Waals surface area contributed by atoms with Crippen LogP contribution in [0.3, 0.4) is 0 Å². The molecule has 0 aliphatic rings. The number of hydrogen-bond donors (Lipinski definition) is 2. The second-order valence-electron chi connectivity index (χ2n) is 4.98. The van der Waals surface area contributed by atoms with Gasteiger partial charge in [-0.3, -0.25) is 0 Å². The largest absolute Gasteiger partial charge is 0.508 e. The highest BCUT2D eigenvalue weighted by Gasteiger charge is 2.10. The van der Waals surface area contributed by atoms with Gasteiger partial charge in [0, 0.05) is 17.7 Å². The lowest BCUT2D eigenvalue weighted by molar-refractivity contribution is 0.414. The van der Waals surface area contributed by atoms with Gasteiger partial charge in [-0.05, 0) is 43.7 Å². The number of benzene rings is 2. The fourth-order valence-corrected chi connectivity index (χ4v) is 2.20. The Bertz CT molecular complexity index is 584. The molecule has 0 aliphatic carbocycles. The zero-order chi connectivity index (χ0) is 15.2. The minimum Gasteiger partial charge on any atom is -0.508 e. The predicted octanol–water partition coefficient (Wildman–Crippen LogP) is 3.43. The number of halogens is 1. The highest BCUT2D eigenvalue weighted by atomic mass is 19.1. The lowest BCUT2D eigenvalue weighted by Gasteiger charge is -2.15. The third-order valence-electron chi connectivity index (χ3n) is 3.47. The van der Waals surface area contributed by atoms with Crippen LogP contribution in [-0.2, 0) is 6.42 Å². The lowest BCUT2D eigenvalue weighted by atomic mass is 10.1. The molecule has 112 valence electrons. The van der Waals surface area contributed by atoms with Gasteiger partial charge in [-0.1, -0.05) is 18.2 Å². The third kappa shape index (κ3) is 4.20. The zero-order valence-corrected chi connectivity index (χ0v) is 12.3. The van der Waals surface area contributed by atoms with E-state index in [9.17, 15) is 9.50 Å². The van der Waals surface area contributed by atoms with Gasteiger partial charge in [0.1, 0.15) is 17.3 Å². The van der Waals surface area contributed by atoms with Gasteiger partial charge < -0.3 is 15.2 Å². The molecular formula is C17H20FNO2. The van der Waals surface area contributed by atoms with Gasteiger partial charge in [0.2, 0.25) is 0 Å². The molecule has 21 heavy (non-hydrogen) atoms. The molecule has 0 spiro atoms. The predicted molar refractivity (Wildman–Crippen MR) is 81.2 cm³/mol. The number of nitrogens with one attached hydrogen (secondary N) is 1. The van der Waals surface area contributed by atoms with Crippen molar-refractivity contribution in [1.29, 1.82) is 0 Å². The van der Waals surface area contributed by atoms with E-state index in [1.54, 1.807) is 13.2 Å². The molecule has 0 aromatic heterocycles. The van der Waals surface area contributed by atoms with Crippen molar-refractivity contribution in [2.24, 2.45) is 0 Å². The van der Waals surface area contributed by atoms with E-state index in [0.717, 1.165) is 24.8 Å². The van der Waals surface area contributed by atoms with Crippen molar-refractivity contribution in [2.45, 2.75) is 19.4 Å². The van der Waals surface area contributed by atoms with E-state index in [1.807, 2.05) is 31.2 Å². The highest BCUT2D eigenvalue weighted by Crippen LogP contribution is 2.21. The molecule has 2 N–H and O–H groups in total. The Morgan fingerprint density at radius 3 is 2.52 bits per heavy atom. The average Bonchev–Trinajstić information content (AvgIpc) is 2.47. The minimum absolute atomic E-state index is 0.0540. The van der Waals surface area contributed by atoms with Crippen LogP contribution in [0.15, 0.2) is 42.5 Å². The summed E-state index contributed by atoms with van der Waals surface area (Å²) in [5.74, 6) is 0.396. The number of aromatic hydroxyl groups is 1. The average molecular weight is 289 g/mol. The van der Waals surface area contributed by atoms with Gasteiger partial charge in [-0.2, -0.15) is 0 Å². The molecule has 2 aromatic rings. The molecule has 0 saturated heterocycles. The van der Waals surface area contributed by atoms with E-state index in [2.05, 4.69) is 5.32 Å². The molecule has 1 atom stereocenters. The maximum Gasteiger partial charge on any atom is 0.131 e. The number of rotatable bonds is 6. The molecule has 0 radical (unpaired) electrons. The number of methoxy groups -OCH3 is 1. The van der Waals surface area contributed by atoms with E-state index in [1.165, 1.54) is 11.6 Å². The van der Waals surface area contributed by atoms with Gasteiger partial charge in [0.15, 0.2) is 0 Å². The molecule has 0 amide bonds. The normalized spacial score (nSPS) is 12.1. The van der Waals surface area contributed by atoms with Crippen LogP contribution >= 0.6 is 0 Å². The van der Waals surface area contributed by atoms with Crippen molar-refractivity contribution in [3.8, 4) is 11.5 Å². The number of hydrogen-bond acceptors (Lipinski definition) is 3. The van der Waals surface area contributed by atoms with E-state index in [4.69, 9.17) is 4.74 Å². The Hall–Kier alpha value is -2.07. The minimum atomic E-state index is -0.389. The van der Waals surface area contributed by atoms with Gasteiger partial charge in [-0.25, -0.2) is 4.39 Å². The van der Waals surface area contributed by atoms with Crippen molar-refractivity contribution in [1.82, 2.24) is 5.32 Å². The van der Waals surface area contributed by atoms with Crippen LogP contribution < -0.4 is 10.1 Å². The fraction of sp³-hybridized carbons (Fsp3) is 0.294. The molecule has 4 heteroatoms. The highest BCUT2D eigenvalue weighted by molar-refractivity contribution is 5.30. The summed E-state index contributed by atoms with van der Waals surface area (Å²) in [4.78, 5) is 0. The van der Waals surface area contributed by atoms with Crippen LogP contribution in [0.25, 0.3) is 0 Å². The summed E-state index contributed by atoms with van der Waals surface area (Å²) in [6.45, 7) is 2.65. The summed E-state index contributed by atoms with van der Waals surface area (Å²) in [7, 11) is 1.64. The third-order valence-corrected chi connectivity index (χ3v) is 3.47. The van der Waals surface area contributed by atoms with Gasteiger partial charge in [0.25, 0.3) is 0 Å². The quantitative estimate of drug-likeness (QED) is 0.856. The summed E-state index contributed by atoms with van der Waals surface area (Å²) in [5, 5.41) is 12.5. The van der Waals surface area contributed by atoms with Crippen LogP contribution in [-0.4, -0.2) is 18.8 Å². The fourth-order valence-electron chi connectivity index (χ4n) is 2.20. The second-order valence-corrected chi connectivity index (χ2v) is 4.98. The first-order valence-electron chi connectivity index (χ1n) is 6.95. The summed E-state index contributed by atoms with van der Waals surface area (Å²) < 4.78 is 18.8. The molecule has 0 aliphatic heterocycles. The van der Waals surface area contributed by atoms with Crippen LogP contribution in [0.4, 0.5) is 4.39 Å². The van der Waals surface area contributed by atoms with Crippen LogP contribution in [0.1, 0.15) is 24.1 Å². The SMILES string of the molecule is COc1ccc(CCNC(C)c2ccc(O)cc2F)cc1. The standard InChI is InChI=1S/C17H20FNO2/c1-12(16-8-5-14(20)11-17(16)18)19-10-9-13-3-6-15(21-2)7-4-13/h3-8,11-12,19-20H,9-10H2,1-2H3. The van der Waals surface area contributed by atoms with Gasteiger partial charge in [-0.15, -0.1) is 0 Å². The van der Waals surface area contributed by atoms with Gasteiger partial charge >= 0.3 is 0 Å². The smallest absolute Gasteiger partial charge is 0.131 e. The molecule has 2 aromatic carbocycles. The van der Waals surface area contributed by atoms with E-state index in [0.29, 0.717) is 5.56 Å². The second kappa shape index (κ2) is 7.09. The molecule has 1 unspecified atom stereocenters. The molecule has 0 bridgehead atoms. The Balaban J connectivity index is 1.87.